The number of carboxylic acid groups (broad SMARTS) is 1. The molecule has 0 bridgehead atoms. The number of rotatable bonds is 7. The standard InChI is InChI=1S/C16H23NO4/c1-11(2)16(21,10-15(19)20)9-8-13-4-6-14(7-5-13)17-12(3)18/h4-7,11,21H,8-10H2,1-3H3,(H,17,18)(H,19,20). The number of aryl methyl sites for hydroxylation is 1. The fourth-order valence-electron chi connectivity index (χ4n) is 2.16. The van der Waals surface area contributed by atoms with Crippen molar-refractivity contribution in [2.45, 2.75) is 45.6 Å². The van der Waals surface area contributed by atoms with Crippen LogP contribution >= 0.6 is 0 Å². The Morgan fingerprint density at radius 3 is 2.24 bits per heavy atom. The summed E-state index contributed by atoms with van der Waals surface area (Å²) in [7, 11) is 0. The largest absolute Gasteiger partial charge is 0.481 e. The van der Waals surface area contributed by atoms with E-state index in [0.29, 0.717) is 12.8 Å². The van der Waals surface area contributed by atoms with E-state index in [4.69, 9.17) is 5.11 Å². The molecule has 0 aliphatic rings. The van der Waals surface area contributed by atoms with Gasteiger partial charge >= 0.3 is 5.97 Å². The second kappa shape index (κ2) is 7.22. The van der Waals surface area contributed by atoms with E-state index in [1.54, 1.807) is 12.1 Å². The SMILES string of the molecule is CC(=O)Nc1ccc(CCC(O)(CC(=O)O)C(C)C)cc1. The van der Waals surface area contributed by atoms with Crippen molar-refractivity contribution in [3.63, 3.8) is 0 Å². The van der Waals surface area contributed by atoms with Crippen LogP contribution in [0.3, 0.4) is 0 Å². The van der Waals surface area contributed by atoms with Gasteiger partial charge in [-0.05, 0) is 36.5 Å². The molecular formula is C16H23NO4. The molecule has 3 N–H and O–H groups in total. The van der Waals surface area contributed by atoms with Gasteiger partial charge in [0.05, 0.1) is 12.0 Å². The number of carboxylic acids is 1. The lowest BCUT2D eigenvalue weighted by Gasteiger charge is -2.30. The molecule has 1 aromatic carbocycles. The zero-order chi connectivity index (χ0) is 16.0. The highest BCUT2D eigenvalue weighted by molar-refractivity contribution is 5.88. The van der Waals surface area contributed by atoms with Crippen molar-refractivity contribution in [2.24, 2.45) is 5.92 Å². The Morgan fingerprint density at radius 1 is 1.24 bits per heavy atom. The van der Waals surface area contributed by atoms with E-state index < -0.39 is 11.6 Å². The molecular weight excluding hydrogens is 270 g/mol. The molecule has 116 valence electrons. The van der Waals surface area contributed by atoms with Gasteiger partial charge in [0.25, 0.3) is 0 Å². The van der Waals surface area contributed by atoms with Crippen molar-refractivity contribution in [3.8, 4) is 0 Å². The summed E-state index contributed by atoms with van der Waals surface area (Å²) in [4.78, 5) is 21.8. The predicted molar refractivity (Wildman–Crippen MR) is 81.1 cm³/mol. The van der Waals surface area contributed by atoms with Gasteiger partial charge < -0.3 is 15.5 Å². The summed E-state index contributed by atoms with van der Waals surface area (Å²) in [6, 6.07) is 7.32. The third-order valence-corrected chi connectivity index (χ3v) is 3.65. The number of amides is 1. The second-order valence-corrected chi connectivity index (χ2v) is 5.71. The quantitative estimate of drug-likeness (QED) is 0.720. The van der Waals surface area contributed by atoms with Crippen LogP contribution in [-0.4, -0.2) is 27.7 Å². The number of hydrogen-bond donors (Lipinski definition) is 3. The van der Waals surface area contributed by atoms with Crippen LogP contribution in [0.5, 0.6) is 0 Å². The lowest BCUT2D eigenvalue weighted by molar-refractivity contribution is -0.145. The molecule has 0 radical (unpaired) electrons. The topological polar surface area (TPSA) is 86.6 Å². The number of hydrogen-bond acceptors (Lipinski definition) is 3. The van der Waals surface area contributed by atoms with Gasteiger partial charge in [-0.2, -0.15) is 0 Å². The molecule has 1 unspecified atom stereocenters. The fourth-order valence-corrected chi connectivity index (χ4v) is 2.16. The van der Waals surface area contributed by atoms with E-state index in [0.717, 1.165) is 11.3 Å². The first-order valence-electron chi connectivity index (χ1n) is 7.03. The van der Waals surface area contributed by atoms with Crippen molar-refractivity contribution >= 4 is 17.6 Å². The van der Waals surface area contributed by atoms with Gasteiger partial charge in [-0.15, -0.1) is 0 Å². The van der Waals surface area contributed by atoms with Crippen LogP contribution in [0.25, 0.3) is 0 Å². The van der Waals surface area contributed by atoms with Crippen LogP contribution in [0.4, 0.5) is 5.69 Å². The maximum Gasteiger partial charge on any atom is 0.306 e. The lowest BCUT2D eigenvalue weighted by atomic mass is 9.82. The fraction of sp³-hybridized carbons (Fsp3) is 0.500. The Labute approximate surface area is 125 Å². The zero-order valence-electron chi connectivity index (χ0n) is 12.7. The molecule has 0 aromatic heterocycles. The van der Waals surface area contributed by atoms with Crippen molar-refractivity contribution < 1.29 is 19.8 Å². The first-order chi connectivity index (χ1) is 9.73. The van der Waals surface area contributed by atoms with E-state index in [9.17, 15) is 14.7 Å². The first-order valence-corrected chi connectivity index (χ1v) is 7.03. The number of carbonyl (C=O) groups is 2. The van der Waals surface area contributed by atoms with Gasteiger partial charge in [0.15, 0.2) is 0 Å². The van der Waals surface area contributed by atoms with Crippen molar-refractivity contribution in [3.05, 3.63) is 29.8 Å². The minimum absolute atomic E-state index is 0.126. The van der Waals surface area contributed by atoms with Gasteiger partial charge in [0, 0.05) is 12.6 Å². The summed E-state index contributed by atoms with van der Waals surface area (Å²) in [6.07, 6.45) is 0.716. The van der Waals surface area contributed by atoms with E-state index in [1.165, 1.54) is 6.92 Å². The smallest absolute Gasteiger partial charge is 0.306 e. The Morgan fingerprint density at radius 2 is 1.81 bits per heavy atom. The van der Waals surface area contributed by atoms with Crippen LogP contribution in [0.2, 0.25) is 0 Å². The molecule has 1 rings (SSSR count). The Balaban J connectivity index is 2.68. The number of benzene rings is 1. The van der Waals surface area contributed by atoms with Crippen molar-refractivity contribution in [2.75, 3.05) is 5.32 Å². The zero-order valence-corrected chi connectivity index (χ0v) is 12.7. The van der Waals surface area contributed by atoms with E-state index >= 15 is 0 Å². The van der Waals surface area contributed by atoms with Crippen LogP contribution in [0, 0.1) is 5.92 Å². The molecule has 5 heteroatoms. The monoisotopic (exact) mass is 293 g/mol. The van der Waals surface area contributed by atoms with Gasteiger partial charge in [-0.25, -0.2) is 0 Å². The summed E-state index contributed by atoms with van der Waals surface area (Å²) in [6.45, 7) is 5.09. The number of aliphatic hydroxyl groups is 1. The number of nitrogens with one attached hydrogen (secondary N) is 1. The minimum Gasteiger partial charge on any atom is -0.481 e. The molecule has 0 saturated carbocycles. The van der Waals surface area contributed by atoms with Crippen LogP contribution < -0.4 is 5.32 Å². The summed E-state index contributed by atoms with van der Waals surface area (Å²) < 4.78 is 0. The highest BCUT2D eigenvalue weighted by Crippen LogP contribution is 2.27. The normalized spacial score (nSPS) is 13.8. The Bertz CT molecular complexity index is 496. The van der Waals surface area contributed by atoms with Crippen LogP contribution in [0.1, 0.15) is 39.2 Å². The number of carbonyl (C=O) groups excluding carboxylic acids is 1. The predicted octanol–water partition coefficient (Wildman–Crippen LogP) is 2.44. The third kappa shape index (κ3) is 5.55. The van der Waals surface area contributed by atoms with Gasteiger partial charge in [0.2, 0.25) is 5.91 Å². The van der Waals surface area contributed by atoms with E-state index in [2.05, 4.69) is 5.32 Å². The first kappa shape index (κ1) is 17.2. The van der Waals surface area contributed by atoms with Gasteiger partial charge in [0.1, 0.15) is 0 Å². The maximum absolute atomic E-state index is 10.9. The molecule has 0 heterocycles. The van der Waals surface area contributed by atoms with Crippen LogP contribution in [0.15, 0.2) is 24.3 Å². The maximum atomic E-state index is 10.9. The third-order valence-electron chi connectivity index (χ3n) is 3.65. The molecule has 1 atom stereocenters. The molecule has 5 nitrogen and oxygen atoms in total. The summed E-state index contributed by atoms with van der Waals surface area (Å²) in [5.41, 5.74) is 0.506. The summed E-state index contributed by atoms with van der Waals surface area (Å²) in [5, 5.41) is 22.1. The van der Waals surface area contributed by atoms with Crippen molar-refractivity contribution in [1.82, 2.24) is 0 Å². The summed E-state index contributed by atoms with van der Waals surface area (Å²) in [5.74, 6) is -1.25. The molecule has 0 aliphatic heterocycles. The average molecular weight is 293 g/mol. The van der Waals surface area contributed by atoms with Crippen LogP contribution in [-0.2, 0) is 16.0 Å². The van der Waals surface area contributed by atoms with E-state index in [-0.39, 0.29) is 18.2 Å². The molecule has 1 aromatic rings. The molecule has 21 heavy (non-hydrogen) atoms. The molecule has 0 fully saturated rings. The lowest BCUT2D eigenvalue weighted by Crippen LogP contribution is -2.38. The van der Waals surface area contributed by atoms with E-state index in [1.807, 2.05) is 26.0 Å². The van der Waals surface area contributed by atoms with Crippen molar-refractivity contribution in [1.29, 1.82) is 0 Å². The Kier molecular flexibility index (Phi) is 5.90. The highest BCUT2D eigenvalue weighted by atomic mass is 16.4. The molecule has 0 aliphatic carbocycles. The summed E-state index contributed by atoms with van der Waals surface area (Å²) >= 11 is 0. The molecule has 0 saturated heterocycles. The highest BCUT2D eigenvalue weighted by Gasteiger charge is 2.33. The molecule has 1 amide bonds. The minimum atomic E-state index is -1.21. The Hall–Kier alpha value is -1.88. The number of aliphatic carboxylic acids is 1. The molecule has 0 spiro atoms. The number of anilines is 1. The second-order valence-electron chi connectivity index (χ2n) is 5.71. The van der Waals surface area contributed by atoms with Gasteiger partial charge in [-0.1, -0.05) is 26.0 Å². The average Bonchev–Trinajstić information content (AvgIpc) is 2.36. The van der Waals surface area contributed by atoms with Gasteiger partial charge in [-0.3, -0.25) is 9.59 Å².